The first-order chi connectivity index (χ1) is 8.62. The van der Waals surface area contributed by atoms with Crippen LogP contribution in [-0.4, -0.2) is 37.7 Å². The zero-order chi connectivity index (χ0) is 15.1. The van der Waals surface area contributed by atoms with E-state index in [-0.39, 0.29) is 6.42 Å². The fourth-order valence-corrected chi connectivity index (χ4v) is 2.23. The van der Waals surface area contributed by atoms with Gasteiger partial charge in [-0.1, -0.05) is 0 Å². The van der Waals surface area contributed by atoms with Gasteiger partial charge in [-0.15, -0.1) is 0 Å². The zero-order valence-electron chi connectivity index (χ0n) is 11.2. The quantitative estimate of drug-likeness (QED) is 0.603. The van der Waals surface area contributed by atoms with E-state index < -0.39 is 34.4 Å². The summed E-state index contributed by atoms with van der Waals surface area (Å²) in [5, 5.41) is 8.45. The second kappa shape index (κ2) is 7.95. The van der Waals surface area contributed by atoms with Crippen LogP contribution in [0.15, 0.2) is 0 Å². The first-order valence-corrected chi connectivity index (χ1v) is 7.33. The lowest BCUT2D eigenvalue weighted by Crippen LogP contribution is -2.44. The topological polar surface area (TPSA) is 122 Å². The van der Waals surface area contributed by atoms with Crippen molar-refractivity contribution in [1.82, 2.24) is 9.44 Å². The lowest BCUT2D eigenvalue weighted by molar-refractivity contribution is -0.137. The van der Waals surface area contributed by atoms with Crippen LogP contribution in [0.4, 0.5) is 4.79 Å². The average Bonchev–Trinajstić information content (AvgIpc) is 2.12. The molecule has 19 heavy (non-hydrogen) atoms. The van der Waals surface area contributed by atoms with Gasteiger partial charge in [0.1, 0.15) is 0 Å². The summed E-state index contributed by atoms with van der Waals surface area (Å²) in [5.41, 5.74) is 0. The van der Waals surface area contributed by atoms with Gasteiger partial charge in [-0.2, -0.15) is 13.1 Å². The molecule has 1 unspecified atom stereocenters. The first-order valence-electron chi connectivity index (χ1n) is 5.85. The Labute approximate surface area is 112 Å². The predicted molar refractivity (Wildman–Crippen MR) is 67.8 cm³/mol. The molecule has 0 aliphatic rings. The molecule has 8 nitrogen and oxygen atoms in total. The highest BCUT2D eigenvalue weighted by Crippen LogP contribution is 2.01. The van der Waals surface area contributed by atoms with Gasteiger partial charge in [-0.05, 0) is 33.6 Å². The third kappa shape index (κ3) is 10.3. The third-order valence-electron chi connectivity index (χ3n) is 1.94. The SMILES string of the molecule is CC(CCCC(=O)O)NS(=O)(=O)NC(=O)OC(C)C. The number of rotatable bonds is 8. The number of hydrogen-bond acceptors (Lipinski definition) is 5. The maximum absolute atomic E-state index is 11.5. The minimum atomic E-state index is -4.00. The summed E-state index contributed by atoms with van der Waals surface area (Å²) in [6.07, 6.45) is -0.819. The van der Waals surface area contributed by atoms with Gasteiger partial charge in [0.25, 0.3) is 0 Å². The number of aliphatic carboxylic acids is 1. The van der Waals surface area contributed by atoms with E-state index in [1.807, 2.05) is 0 Å². The summed E-state index contributed by atoms with van der Waals surface area (Å²) in [4.78, 5) is 21.4. The molecule has 1 amide bonds. The van der Waals surface area contributed by atoms with Crippen LogP contribution in [0.5, 0.6) is 0 Å². The van der Waals surface area contributed by atoms with Gasteiger partial charge in [-0.25, -0.2) is 9.52 Å². The molecule has 112 valence electrons. The average molecular weight is 296 g/mol. The minimum Gasteiger partial charge on any atom is -0.481 e. The number of amides is 1. The molecule has 1 atom stereocenters. The van der Waals surface area contributed by atoms with Crippen molar-refractivity contribution in [2.45, 2.75) is 52.2 Å². The van der Waals surface area contributed by atoms with E-state index in [9.17, 15) is 18.0 Å². The van der Waals surface area contributed by atoms with Crippen LogP contribution < -0.4 is 9.44 Å². The highest BCUT2D eigenvalue weighted by atomic mass is 32.2. The molecule has 0 radical (unpaired) electrons. The third-order valence-corrected chi connectivity index (χ3v) is 3.09. The van der Waals surface area contributed by atoms with Crippen LogP contribution >= 0.6 is 0 Å². The summed E-state index contributed by atoms with van der Waals surface area (Å²) >= 11 is 0. The van der Waals surface area contributed by atoms with Crippen molar-refractivity contribution >= 4 is 22.3 Å². The number of hydrogen-bond donors (Lipinski definition) is 3. The molecular formula is C10H20N2O6S. The van der Waals surface area contributed by atoms with Gasteiger partial charge in [0.15, 0.2) is 0 Å². The minimum absolute atomic E-state index is 0.0328. The fourth-order valence-electron chi connectivity index (χ4n) is 1.26. The van der Waals surface area contributed by atoms with Crippen molar-refractivity contribution in [1.29, 1.82) is 0 Å². The normalized spacial score (nSPS) is 13.1. The van der Waals surface area contributed by atoms with Crippen LogP contribution in [0, 0.1) is 0 Å². The number of carboxylic acid groups (broad SMARTS) is 1. The standard InChI is InChI=1S/C10H20N2O6S/c1-7(2)18-10(15)12-19(16,17)11-8(3)5-4-6-9(13)14/h7-8,11H,4-6H2,1-3H3,(H,12,15)(H,13,14). The Kier molecular flexibility index (Phi) is 7.38. The van der Waals surface area contributed by atoms with Crippen molar-refractivity contribution in [3.05, 3.63) is 0 Å². The molecule has 0 aromatic rings. The molecule has 3 N–H and O–H groups in total. The Morgan fingerprint density at radius 3 is 2.32 bits per heavy atom. The zero-order valence-corrected chi connectivity index (χ0v) is 12.0. The molecule has 9 heteroatoms. The second-order valence-electron chi connectivity index (χ2n) is 4.36. The van der Waals surface area contributed by atoms with Gasteiger partial charge in [0, 0.05) is 12.5 Å². The van der Waals surface area contributed by atoms with Crippen LogP contribution in [-0.2, 0) is 19.7 Å². The monoisotopic (exact) mass is 296 g/mol. The van der Waals surface area contributed by atoms with Crippen LogP contribution in [0.25, 0.3) is 0 Å². The second-order valence-corrected chi connectivity index (χ2v) is 5.81. The molecule has 0 saturated heterocycles. The Hall–Kier alpha value is -1.35. The molecule has 0 heterocycles. The molecular weight excluding hydrogens is 276 g/mol. The first kappa shape index (κ1) is 17.6. The smallest absolute Gasteiger partial charge is 0.422 e. The van der Waals surface area contributed by atoms with E-state index in [0.29, 0.717) is 12.8 Å². The van der Waals surface area contributed by atoms with E-state index >= 15 is 0 Å². The van der Waals surface area contributed by atoms with Gasteiger partial charge in [0.2, 0.25) is 0 Å². The van der Waals surface area contributed by atoms with Crippen LogP contribution in [0.2, 0.25) is 0 Å². The van der Waals surface area contributed by atoms with E-state index in [4.69, 9.17) is 5.11 Å². The van der Waals surface area contributed by atoms with E-state index in [2.05, 4.69) is 9.46 Å². The van der Waals surface area contributed by atoms with E-state index in [1.54, 1.807) is 25.5 Å². The largest absolute Gasteiger partial charge is 0.481 e. The summed E-state index contributed by atoms with van der Waals surface area (Å²) in [7, 11) is -4.00. The van der Waals surface area contributed by atoms with E-state index in [1.165, 1.54) is 0 Å². The van der Waals surface area contributed by atoms with Crippen molar-refractivity contribution in [3.8, 4) is 0 Å². The van der Waals surface area contributed by atoms with Crippen molar-refractivity contribution in [2.24, 2.45) is 0 Å². The maximum atomic E-state index is 11.5. The Bertz CT molecular complexity index is 406. The lowest BCUT2D eigenvalue weighted by atomic mass is 10.1. The molecule has 0 bridgehead atoms. The van der Waals surface area contributed by atoms with Gasteiger partial charge in [0.05, 0.1) is 6.10 Å². The predicted octanol–water partition coefficient (Wildman–Crippen LogP) is 0.599. The van der Waals surface area contributed by atoms with Gasteiger partial charge in [-0.3, -0.25) is 4.79 Å². The molecule has 0 aromatic heterocycles. The molecule has 0 spiro atoms. The Morgan fingerprint density at radius 1 is 1.26 bits per heavy atom. The Morgan fingerprint density at radius 2 is 1.84 bits per heavy atom. The number of carbonyl (C=O) groups excluding carboxylic acids is 1. The number of ether oxygens (including phenoxy) is 1. The summed E-state index contributed by atoms with van der Waals surface area (Å²) in [5.74, 6) is -0.936. The van der Waals surface area contributed by atoms with Crippen LogP contribution in [0.1, 0.15) is 40.0 Å². The van der Waals surface area contributed by atoms with Crippen molar-refractivity contribution < 1.29 is 27.9 Å². The number of nitrogens with one attached hydrogen (secondary N) is 2. The Balaban J connectivity index is 4.14. The highest BCUT2D eigenvalue weighted by molar-refractivity contribution is 7.88. The number of carboxylic acids is 1. The molecule has 0 fully saturated rings. The van der Waals surface area contributed by atoms with Gasteiger partial charge < -0.3 is 9.84 Å². The molecule has 0 rings (SSSR count). The van der Waals surface area contributed by atoms with Crippen molar-refractivity contribution in [2.75, 3.05) is 0 Å². The molecule has 0 saturated carbocycles. The molecule has 0 aliphatic carbocycles. The highest BCUT2D eigenvalue weighted by Gasteiger charge is 2.18. The maximum Gasteiger partial charge on any atom is 0.422 e. The van der Waals surface area contributed by atoms with Gasteiger partial charge >= 0.3 is 22.3 Å². The summed E-state index contributed by atoms with van der Waals surface area (Å²) in [6.45, 7) is 4.76. The number of carbonyl (C=O) groups is 2. The lowest BCUT2D eigenvalue weighted by Gasteiger charge is -2.15. The van der Waals surface area contributed by atoms with E-state index in [0.717, 1.165) is 0 Å². The molecule has 0 aromatic carbocycles. The summed E-state index contributed by atoms with van der Waals surface area (Å²) in [6, 6.07) is -0.483. The van der Waals surface area contributed by atoms with Crippen molar-refractivity contribution in [3.63, 3.8) is 0 Å². The van der Waals surface area contributed by atoms with Crippen LogP contribution in [0.3, 0.4) is 0 Å². The fraction of sp³-hybridized carbons (Fsp3) is 0.800. The summed E-state index contributed by atoms with van der Waals surface area (Å²) < 4.78 is 31.5. The molecule has 0 aliphatic heterocycles.